The van der Waals surface area contributed by atoms with Crippen LogP contribution in [0.2, 0.25) is 10.0 Å². The molecule has 7 atom stereocenters. The van der Waals surface area contributed by atoms with Crippen molar-refractivity contribution in [3.8, 4) is 5.69 Å². The van der Waals surface area contributed by atoms with Crippen LogP contribution in [0.5, 0.6) is 0 Å². The summed E-state index contributed by atoms with van der Waals surface area (Å²) in [6.45, 7) is -1.49. The number of rotatable bonds is 7. The van der Waals surface area contributed by atoms with E-state index in [4.69, 9.17) is 32.7 Å². The van der Waals surface area contributed by atoms with Crippen LogP contribution in [0.4, 0.5) is 4.39 Å². The van der Waals surface area contributed by atoms with Crippen LogP contribution >= 0.6 is 23.2 Å². The second-order valence-corrected chi connectivity index (χ2v) is 9.91. The molecule has 1 saturated heterocycles. The Bertz CT molecular complexity index is 1490. The maximum atomic E-state index is 13.7. The minimum Gasteiger partial charge on any atom is -0.394 e. The second kappa shape index (κ2) is 11.2. The van der Waals surface area contributed by atoms with Crippen molar-refractivity contribution in [2.45, 2.75) is 42.9 Å². The van der Waals surface area contributed by atoms with Crippen molar-refractivity contribution in [1.29, 1.82) is 0 Å². The third-order valence-electron chi connectivity index (χ3n) is 6.53. The molecule has 0 saturated carbocycles. The first-order valence-corrected chi connectivity index (χ1v) is 12.6. The van der Waals surface area contributed by atoms with E-state index in [0.29, 0.717) is 22.0 Å². The van der Waals surface area contributed by atoms with Crippen LogP contribution in [0.1, 0.15) is 11.8 Å². The van der Waals surface area contributed by atoms with Crippen LogP contribution in [0.15, 0.2) is 42.5 Å². The highest BCUT2D eigenvalue weighted by Crippen LogP contribution is 2.36. The molecule has 2 aromatic carbocycles. The quantitative estimate of drug-likeness (QED) is 0.186. The predicted molar refractivity (Wildman–Crippen MR) is 137 cm³/mol. The van der Waals surface area contributed by atoms with Crippen molar-refractivity contribution in [2.24, 2.45) is 0 Å². The van der Waals surface area contributed by atoms with Crippen molar-refractivity contribution < 1.29 is 44.5 Å². The molecule has 0 amide bonds. The zero-order valence-electron chi connectivity index (χ0n) is 20.0. The first-order valence-electron chi connectivity index (χ1n) is 11.8. The van der Waals surface area contributed by atoms with Gasteiger partial charge in [-0.3, -0.25) is 0 Å². The molecule has 7 unspecified atom stereocenters. The van der Waals surface area contributed by atoms with Crippen LogP contribution in [-0.2, 0) is 9.47 Å². The molecule has 0 spiro atoms. The molecular formula is C25H24Cl2FN3O8. The van der Waals surface area contributed by atoms with Crippen LogP contribution in [-0.4, -0.2) is 95.4 Å². The molecule has 1 aliphatic heterocycles. The van der Waals surface area contributed by atoms with Crippen LogP contribution in [0, 0.1) is 5.82 Å². The number of benzene rings is 2. The number of ether oxygens (including phenoxy) is 2. The zero-order valence-corrected chi connectivity index (χ0v) is 21.5. The summed E-state index contributed by atoms with van der Waals surface area (Å²) < 4.78 is 26.3. The third-order valence-corrected chi connectivity index (χ3v) is 7.25. The van der Waals surface area contributed by atoms with Crippen LogP contribution in [0.25, 0.3) is 27.6 Å². The van der Waals surface area contributed by atoms with Gasteiger partial charge in [0, 0.05) is 10.8 Å². The van der Waals surface area contributed by atoms with Gasteiger partial charge in [0.25, 0.3) is 0 Å². The molecule has 1 aliphatic rings. The molecular weight excluding hydrogens is 560 g/mol. The Hall–Kier alpha value is -2.49. The Morgan fingerprint density at radius 1 is 1.00 bits per heavy atom. The molecule has 39 heavy (non-hydrogen) atoms. The summed E-state index contributed by atoms with van der Waals surface area (Å²) >= 11 is 12.4. The number of fused-ring (bicyclic) bond motifs is 2. The SMILES string of the molecule is OCC(O)C(OC1OC(CO)C(O)C(O)C1O)c1nn(-c2ccc(F)cc2)c2nc3cc(Cl)c(Cl)cc3cc12. The fraction of sp³-hybridized carbons (Fsp3) is 0.360. The lowest BCUT2D eigenvalue weighted by atomic mass is 9.99. The normalized spacial score (nSPS) is 25.3. The number of pyridine rings is 1. The highest BCUT2D eigenvalue weighted by molar-refractivity contribution is 6.42. The molecule has 5 rings (SSSR count). The monoisotopic (exact) mass is 583 g/mol. The van der Waals surface area contributed by atoms with Crippen molar-refractivity contribution in [2.75, 3.05) is 13.2 Å². The molecule has 208 valence electrons. The molecule has 3 heterocycles. The number of hydrogen-bond acceptors (Lipinski definition) is 10. The van der Waals surface area contributed by atoms with Crippen LogP contribution in [0.3, 0.4) is 0 Å². The van der Waals surface area contributed by atoms with Gasteiger partial charge in [0.15, 0.2) is 11.9 Å². The summed E-state index contributed by atoms with van der Waals surface area (Å²) in [4.78, 5) is 4.65. The minimum atomic E-state index is -1.78. The lowest BCUT2D eigenvalue weighted by Crippen LogP contribution is -2.59. The Balaban J connectivity index is 1.68. The molecule has 4 aromatic rings. The summed E-state index contributed by atoms with van der Waals surface area (Å²) in [5, 5.41) is 66.9. The standard InChI is InChI=1S/C25H24Cl2FN3O8/c26-14-6-10-5-13-19(23(17(34)8-32)39-25-22(37)21(36)20(35)18(9-33)38-25)30-31(12-3-1-11(28)2-4-12)24(13)29-16(10)7-15(14)27/h1-7,17-18,20-23,25,32-37H,8-9H2. The molecule has 14 heteroatoms. The summed E-state index contributed by atoms with van der Waals surface area (Å²) in [5.41, 5.74) is 1.17. The van der Waals surface area contributed by atoms with Gasteiger partial charge in [-0.2, -0.15) is 5.10 Å². The lowest BCUT2D eigenvalue weighted by molar-refractivity contribution is -0.319. The molecule has 0 radical (unpaired) electrons. The topological polar surface area (TPSA) is 171 Å². The third kappa shape index (κ3) is 5.21. The van der Waals surface area contributed by atoms with E-state index < -0.39 is 61.9 Å². The highest BCUT2D eigenvalue weighted by atomic mass is 35.5. The maximum absolute atomic E-state index is 13.7. The molecule has 0 aliphatic carbocycles. The number of aromatic nitrogens is 3. The van der Waals surface area contributed by atoms with E-state index in [-0.39, 0.29) is 21.4 Å². The van der Waals surface area contributed by atoms with Crippen molar-refractivity contribution >= 4 is 45.1 Å². The summed E-state index contributed by atoms with van der Waals surface area (Å²) in [6, 6.07) is 10.2. The highest BCUT2D eigenvalue weighted by Gasteiger charge is 2.46. The second-order valence-electron chi connectivity index (χ2n) is 9.10. The summed E-state index contributed by atoms with van der Waals surface area (Å²) in [5.74, 6) is -0.477. The van der Waals surface area contributed by atoms with Gasteiger partial charge < -0.3 is 40.1 Å². The molecule has 6 N–H and O–H groups in total. The van der Waals surface area contributed by atoms with Gasteiger partial charge in [0.05, 0.1) is 34.5 Å². The average molecular weight is 584 g/mol. The molecule has 2 aromatic heterocycles. The number of aliphatic hydroxyl groups is 6. The van der Waals surface area contributed by atoms with Gasteiger partial charge in [-0.15, -0.1) is 0 Å². The largest absolute Gasteiger partial charge is 0.394 e. The fourth-order valence-corrected chi connectivity index (χ4v) is 4.78. The van der Waals surface area contributed by atoms with E-state index >= 15 is 0 Å². The summed E-state index contributed by atoms with van der Waals surface area (Å²) in [6.07, 6.45) is -11.1. The van der Waals surface area contributed by atoms with Crippen LogP contribution < -0.4 is 0 Å². The number of nitrogens with zero attached hydrogens (tertiary/aromatic N) is 3. The summed E-state index contributed by atoms with van der Waals surface area (Å²) in [7, 11) is 0. The number of aliphatic hydroxyl groups excluding tert-OH is 6. The average Bonchev–Trinajstić information content (AvgIpc) is 3.28. The Kier molecular flexibility index (Phi) is 8.04. The minimum absolute atomic E-state index is 0.0494. The van der Waals surface area contributed by atoms with Gasteiger partial charge in [-0.05, 0) is 42.5 Å². The van der Waals surface area contributed by atoms with E-state index in [2.05, 4.69) is 10.1 Å². The van der Waals surface area contributed by atoms with Crippen molar-refractivity contribution in [1.82, 2.24) is 14.8 Å². The maximum Gasteiger partial charge on any atom is 0.187 e. The van der Waals surface area contributed by atoms with Gasteiger partial charge in [-0.25, -0.2) is 14.1 Å². The van der Waals surface area contributed by atoms with Gasteiger partial charge >= 0.3 is 0 Å². The van der Waals surface area contributed by atoms with Gasteiger partial charge in [0.1, 0.15) is 48.1 Å². The Morgan fingerprint density at radius 2 is 1.69 bits per heavy atom. The molecule has 0 bridgehead atoms. The smallest absolute Gasteiger partial charge is 0.187 e. The Morgan fingerprint density at radius 3 is 2.36 bits per heavy atom. The zero-order chi connectivity index (χ0) is 28.0. The van der Waals surface area contributed by atoms with E-state index in [9.17, 15) is 35.0 Å². The number of hydrogen-bond donors (Lipinski definition) is 6. The first kappa shape index (κ1) is 28.1. The van der Waals surface area contributed by atoms with Crippen molar-refractivity contribution in [3.05, 3.63) is 64.0 Å². The lowest BCUT2D eigenvalue weighted by Gasteiger charge is -2.41. The molecule has 1 fully saturated rings. The Labute approximate surface area is 230 Å². The van der Waals surface area contributed by atoms with Crippen molar-refractivity contribution in [3.63, 3.8) is 0 Å². The predicted octanol–water partition coefficient (Wildman–Crippen LogP) is 1.23. The fourth-order valence-electron chi connectivity index (χ4n) is 4.45. The van der Waals surface area contributed by atoms with E-state index in [1.165, 1.54) is 28.9 Å². The van der Waals surface area contributed by atoms with Gasteiger partial charge in [0.2, 0.25) is 0 Å². The van der Waals surface area contributed by atoms with E-state index in [1.54, 1.807) is 18.2 Å². The van der Waals surface area contributed by atoms with E-state index in [0.717, 1.165) is 0 Å². The first-order chi connectivity index (χ1) is 18.6. The van der Waals surface area contributed by atoms with E-state index in [1.807, 2.05) is 0 Å². The number of halogens is 3. The molecule has 11 nitrogen and oxygen atoms in total. The van der Waals surface area contributed by atoms with Gasteiger partial charge in [-0.1, -0.05) is 23.2 Å².